The van der Waals surface area contributed by atoms with Crippen LogP contribution in [0.2, 0.25) is 0 Å². The Hall–Kier alpha value is -1.72. The van der Waals surface area contributed by atoms with Gasteiger partial charge >= 0.3 is 23.9 Å². The van der Waals surface area contributed by atoms with E-state index in [-0.39, 0.29) is 18.3 Å². The molecule has 5 rings (SSSR count). The predicted molar refractivity (Wildman–Crippen MR) is 57.1 cm³/mol. The van der Waals surface area contributed by atoms with Gasteiger partial charge in [-0.25, -0.2) is 0 Å². The molecule has 0 aromatic heterocycles. The summed E-state index contributed by atoms with van der Waals surface area (Å²) in [5, 5.41) is 0. The molecule has 1 spiro atoms. The minimum Gasteiger partial charge on any atom is -0.393 e. The summed E-state index contributed by atoms with van der Waals surface area (Å²) in [7, 11) is 0. The van der Waals surface area contributed by atoms with Crippen molar-refractivity contribution in [3.8, 4) is 0 Å². The summed E-state index contributed by atoms with van der Waals surface area (Å²) in [6, 6.07) is 0. The number of esters is 4. The standard InChI is InChI=1S/C13H12O6/c14-7-4-13(12(17)18-7)3-5-1-2-6(13)9-8(5)10(15)19-11(9)16/h5-6,8-9H,1-4H2. The third-order valence-electron chi connectivity index (χ3n) is 5.33. The Morgan fingerprint density at radius 1 is 0.947 bits per heavy atom. The number of hydrogen-bond acceptors (Lipinski definition) is 6. The Morgan fingerprint density at radius 3 is 2.37 bits per heavy atom. The van der Waals surface area contributed by atoms with Gasteiger partial charge in [-0.15, -0.1) is 0 Å². The molecule has 2 aliphatic heterocycles. The zero-order valence-electron chi connectivity index (χ0n) is 10.1. The second kappa shape index (κ2) is 3.23. The van der Waals surface area contributed by atoms with Crippen molar-refractivity contribution in [1.82, 2.24) is 0 Å². The summed E-state index contributed by atoms with van der Waals surface area (Å²) in [5.74, 6) is -3.34. The average molecular weight is 264 g/mol. The largest absolute Gasteiger partial charge is 0.393 e. The smallest absolute Gasteiger partial charge is 0.320 e. The molecule has 3 saturated carbocycles. The lowest BCUT2D eigenvalue weighted by Crippen LogP contribution is -2.54. The highest BCUT2D eigenvalue weighted by atomic mass is 16.6. The van der Waals surface area contributed by atoms with Gasteiger partial charge in [0.1, 0.15) is 0 Å². The third-order valence-corrected chi connectivity index (χ3v) is 5.33. The first kappa shape index (κ1) is 11.1. The molecule has 5 unspecified atom stereocenters. The van der Waals surface area contributed by atoms with E-state index in [2.05, 4.69) is 0 Å². The molecule has 5 aliphatic rings. The number of carbonyl (C=O) groups is 4. The molecule has 2 saturated heterocycles. The molecule has 6 nitrogen and oxygen atoms in total. The van der Waals surface area contributed by atoms with E-state index in [1.54, 1.807) is 0 Å². The minimum absolute atomic E-state index is 0.0394. The molecule has 3 aliphatic carbocycles. The summed E-state index contributed by atoms with van der Waals surface area (Å²) in [6.45, 7) is 0. The van der Waals surface area contributed by atoms with E-state index in [4.69, 9.17) is 9.47 Å². The molecule has 2 bridgehead atoms. The molecule has 0 amide bonds. The summed E-state index contributed by atoms with van der Waals surface area (Å²) in [4.78, 5) is 47.1. The summed E-state index contributed by atoms with van der Waals surface area (Å²) in [6.07, 6.45) is 1.98. The van der Waals surface area contributed by atoms with E-state index in [0.717, 1.165) is 6.42 Å². The fourth-order valence-electron chi connectivity index (χ4n) is 4.66. The zero-order chi connectivity index (χ0) is 13.4. The van der Waals surface area contributed by atoms with Crippen molar-refractivity contribution < 1.29 is 28.7 Å². The second-order valence-electron chi connectivity index (χ2n) is 6.03. The van der Waals surface area contributed by atoms with Crippen LogP contribution in [0.15, 0.2) is 0 Å². The number of cyclic esters (lactones) is 4. The van der Waals surface area contributed by atoms with Crippen molar-refractivity contribution in [3.63, 3.8) is 0 Å². The number of ether oxygens (including phenoxy) is 2. The van der Waals surface area contributed by atoms with Crippen LogP contribution in [0, 0.1) is 29.1 Å². The Morgan fingerprint density at radius 2 is 1.68 bits per heavy atom. The van der Waals surface area contributed by atoms with E-state index < -0.39 is 41.1 Å². The second-order valence-corrected chi connectivity index (χ2v) is 6.03. The molecule has 5 fully saturated rings. The van der Waals surface area contributed by atoms with E-state index in [1.165, 1.54) is 0 Å². The van der Waals surface area contributed by atoms with Crippen molar-refractivity contribution >= 4 is 23.9 Å². The summed E-state index contributed by atoms with van der Waals surface area (Å²) in [5.41, 5.74) is -0.884. The van der Waals surface area contributed by atoms with Crippen LogP contribution in [0.5, 0.6) is 0 Å². The van der Waals surface area contributed by atoms with Gasteiger partial charge in [0.05, 0.1) is 23.7 Å². The average Bonchev–Trinajstić information content (AvgIpc) is 2.80. The van der Waals surface area contributed by atoms with Gasteiger partial charge < -0.3 is 9.47 Å². The quantitative estimate of drug-likeness (QED) is 0.458. The van der Waals surface area contributed by atoms with Crippen LogP contribution in [0.25, 0.3) is 0 Å². The van der Waals surface area contributed by atoms with Gasteiger partial charge in [-0.05, 0) is 31.1 Å². The van der Waals surface area contributed by atoms with Crippen molar-refractivity contribution in [1.29, 1.82) is 0 Å². The molecule has 2 heterocycles. The normalized spacial score (nSPS) is 47.6. The third kappa shape index (κ3) is 1.17. The van der Waals surface area contributed by atoms with Crippen molar-refractivity contribution in [2.75, 3.05) is 0 Å². The number of fused-ring (bicyclic) bond motifs is 1. The van der Waals surface area contributed by atoms with Crippen molar-refractivity contribution in [3.05, 3.63) is 0 Å². The number of rotatable bonds is 0. The monoisotopic (exact) mass is 264 g/mol. The lowest BCUT2D eigenvalue weighted by atomic mass is 9.48. The lowest BCUT2D eigenvalue weighted by Gasteiger charge is -2.50. The van der Waals surface area contributed by atoms with Crippen LogP contribution >= 0.6 is 0 Å². The fourth-order valence-corrected chi connectivity index (χ4v) is 4.66. The van der Waals surface area contributed by atoms with Crippen LogP contribution in [-0.2, 0) is 28.7 Å². The van der Waals surface area contributed by atoms with Gasteiger partial charge in [0.25, 0.3) is 0 Å². The highest BCUT2D eigenvalue weighted by molar-refractivity contribution is 6.01. The van der Waals surface area contributed by atoms with E-state index in [0.29, 0.717) is 12.8 Å². The minimum atomic E-state index is -0.884. The van der Waals surface area contributed by atoms with Gasteiger partial charge in [0, 0.05) is 0 Å². The Kier molecular flexibility index (Phi) is 1.90. The van der Waals surface area contributed by atoms with Crippen molar-refractivity contribution in [2.45, 2.75) is 25.7 Å². The Labute approximate surface area is 108 Å². The molecule has 0 aromatic carbocycles. The topological polar surface area (TPSA) is 86.7 Å². The van der Waals surface area contributed by atoms with Gasteiger partial charge in [-0.3, -0.25) is 19.2 Å². The van der Waals surface area contributed by atoms with Crippen LogP contribution in [0.3, 0.4) is 0 Å². The van der Waals surface area contributed by atoms with E-state index >= 15 is 0 Å². The maximum Gasteiger partial charge on any atom is 0.320 e. The molecule has 19 heavy (non-hydrogen) atoms. The molecule has 100 valence electrons. The van der Waals surface area contributed by atoms with Crippen LogP contribution in [0.4, 0.5) is 0 Å². The highest BCUT2D eigenvalue weighted by Crippen LogP contribution is 2.63. The lowest BCUT2D eigenvalue weighted by molar-refractivity contribution is -0.166. The number of carbonyl (C=O) groups excluding carboxylic acids is 4. The fraction of sp³-hybridized carbons (Fsp3) is 0.692. The predicted octanol–water partition coefficient (Wildman–Crippen LogP) is 0.192. The van der Waals surface area contributed by atoms with Gasteiger partial charge in [0.2, 0.25) is 0 Å². The van der Waals surface area contributed by atoms with Crippen LogP contribution in [-0.4, -0.2) is 23.9 Å². The van der Waals surface area contributed by atoms with Crippen LogP contribution in [0.1, 0.15) is 25.7 Å². The summed E-state index contributed by atoms with van der Waals surface area (Å²) >= 11 is 0. The zero-order valence-corrected chi connectivity index (χ0v) is 10.1. The maximum atomic E-state index is 12.0. The van der Waals surface area contributed by atoms with Crippen LogP contribution < -0.4 is 0 Å². The van der Waals surface area contributed by atoms with E-state index in [9.17, 15) is 19.2 Å². The Bertz CT molecular complexity index is 537. The molecule has 0 aromatic rings. The molecular formula is C13H12O6. The molecule has 6 heteroatoms. The van der Waals surface area contributed by atoms with Gasteiger partial charge in [0.15, 0.2) is 0 Å². The molecule has 0 N–H and O–H groups in total. The highest BCUT2D eigenvalue weighted by Gasteiger charge is 2.69. The molecule has 0 radical (unpaired) electrons. The first-order valence-electron chi connectivity index (χ1n) is 6.53. The molecular weight excluding hydrogens is 252 g/mol. The van der Waals surface area contributed by atoms with E-state index in [1.807, 2.05) is 0 Å². The summed E-state index contributed by atoms with van der Waals surface area (Å²) < 4.78 is 9.44. The Balaban J connectivity index is 1.80. The van der Waals surface area contributed by atoms with Gasteiger partial charge in [-0.2, -0.15) is 0 Å². The number of hydrogen-bond donors (Lipinski definition) is 0. The van der Waals surface area contributed by atoms with Crippen molar-refractivity contribution in [2.24, 2.45) is 29.1 Å². The van der Waals surface area contributed by atoms with Gasteiger partial charge in [-0.1, -0.05) is 0 Å². The molecule has 5 atom stereocenters. The SMILES string of the molecule is O=C1CC2(CC3CCC2C2C(=O)OC(=O)C32)C(=O)O1. The maximum absolute atomic E-state index is 12.0. The first-order chi connectivity index (χ1) is 9.03. The first-order valence-corrected chi connectivity index (χ1v) is 6.53.